The Labute approximate surface area is 182 Å². The first-order valence-corrected chi connectivity index (χ1v) is 10.3. The average Bonchev–Trinajstić information content (AvgIpc) is 3.09. The van der Waals surface area contributed by atoms with Crippen LogP contribution in [0.2, 0.25) is 5.02 Å². The van der Waals surface area contributed by atoms with Crippen LogP contribution in [0, 0.1) is 5.82 Å². The first kappa shape index (κ1) is 20.2. The molecule has 30 heavy (non-hydrogen) atoms. The van der Waals surface area contributed by atoms with Crippen LogP contribution < -0.4 is 10.1 Å². The van der Waals surface area contributed by atoms with E-state index in [1.165, 1.54) is 23.9 Å². The molecule has 1 N–H and O–H groups in total. The van der Waals surface area contributed by atoms with E-state index < -0.39 is 0 Å². The van der Waals surface area contributed by atoms with Crippen LogP contribution >= 0.6 is 23.4 Å². The zero-order valence-corrected chi connectivity index (χ0v) is 17.2. The first-order valence-electron chi connectivity index (χ1n) is 9.08. The topological polar surface area (TPSA) is 50.7 Å². The number of carbonyl (C=O) groups is 1. The monoisotopic (exact) mass is 438 g/mol. The zero-order valence-electron chi connectivity index (χ0n) is 15.6. The van der Waals surface area contributed by atoms with Crippen molar-refractivity contribution in [3.8, 4) is 5.75 Å². The molecular weight excluding hydrogens is 423 g/mol. The highest BCUT2D eigenvalue weighted by Gasteiger charge is 2.24. The Morgan fingerprint density at radius 2 is 1.77 bits per heavy atom. The van der Waals surface area contributed by atoms with Crippen LogP contribution in [0.4, 0.5) is 10.1 Å². The molecule has 0 unspecified atom stereocenters. The van der Waals surface area contributed by atoms with Crippen molar-refractivity contribution in [1.29, 1.82) is 0 Å². The van der Waals surface area contributed by atoms with Gasteiger partial charge >= 0.3 is 0 Å². The Hall–Kier alpha value is -3.09. The number of halogens is 2. The van der Waals surface area contributed by atoms with E-state index in [1.807, 2.05) is 48.5 Å². The lowest BCUT2D eigenvalue weighted by atomic mass is 10.2. The maximum atomic E-state index is 13.0. The Kier molecular flexibility index (Phi) is 6.16. The summed E-state index contributed by atoms with van der Waals surface area (Å²) in [6.45, 7) is 0.383. The van der Waals surface area contributed by atoms with E-state index in [0.717, 1.165) is 11.1 Å². The maximum absolute atomic E-state index is 13.0. The van der Waals surface area contributed by atoms with Crippen LogP contribution in [-0.2, 0) is 11.4 Å². The number of nitrogens with one attached hydrogen (secondary N) is 1. The molecule has 3 aromatic carbocycles. The summed E-state index contributed by atoms with van der Waals surface area (Å²) in [5, 5.41) is 3.84. The van der Waals surface area contributed by atoms with Crippen molar-refractivity contribution in [3.63, 3.8) is 0 Å². The number of para-hydroxylation sites is 1. The van der Waals surface area contributed by atoms with Gasteiger partial charge in [-0.2, -0.15) is 0 Å². The minimum atomic E-state index is -0.335. The highest BCUT2D eigenvalue weighted by molar-refractivity contribution is 8.18. The lowest BCUT2D eigenvalue weighted by Gasteiger charge is -2.09. The number of aliphatic imine (C=N–C) groups is 1. The summed E-state index contributed by atoms with van der Waals surface area (Å²) in [6.07, 6.45) is 1.77. The van der Waals surface area contributed by atoms with Crippen molar-refractivity contribution in [3.05, 3.63) is 99.7 Å². The Balaban J connectivity index is 1.51. The van der Waals surface area contributed by atoms with Gasteiger partial charge in [0.05, 0.1) is 10.6 Å². The van der Waals surface area contributed by atoms with Crippen molar-refractivity contribution in [2.24, 2.45) is 4.99 Å². The fourth-order valence-electron chi connectivity index (χ4n) is 2.73. The standard InChI is InChI=1S/C23H16ClFN2O2S/c24-17-7-5-15(6-8-17)14-29-20-4-2-1-3-16(20)13-21-22(28)27-23(30-21)26-19-11-9-18(25)10-12-19/h1-13H,14H2,(H,26,27,28)/b21-13-. The fraction of sp³-hybridized carbons (Fsp3) is 0.0435. The van der Waals surface area contributed by atoms with Crippen LogP contribution in [0.15, 0.2) is 82.7 Å². The number of amidine groups is 1. The minimum Gasteiger partial charge on any atom is -0.488 e. The smallest absolute Gasteiger partial charge is 0.264 e. The molecule has 0 spiro atoms. The number of rotatable bonds is 5. The lowest BCUT2D eigenvalue weighted by Crippen LogP contribution is -2.19. The molecule has 0 bridgehead atoms. The SMILES string of the molecule is O=C1NC(=Nc2ccc(F)cc2)S/C1=C\c1ccccc1OCc1ccc(Cl)cc1. The largest absolute Gasteiger partial charge is 0.488 e. The van der Waals surface area contributed by atoms with Gasteiger partial charge in [0, 0.05) is 10.6 Å². The summed E-state index contributed by atoms with van der Waals surface area (Å²) < 4.78 is 19.0. The summed E-state index contributed by atoms with van der Waals surface area (Å²) in [5.41, 5.74) is 2.34. The van der Waals surface area contributed by atoms with E-state index in [9.17, 15) is 9.18 Å². The Morgan fingerprint density at radius 3 is 2.53 bits per heavy atom. The molecule has 4 rings (SSSR count). The predicted molar refractivity (Wildman–Crippen MR) is 119 cm³/mol. The quantitative estimate of drug-likeness (QED) is 0.501. The van der Waals surface area contributed by atoms with Crippen molar-refractivity contribution >= 4 is 46.2 Å². The Bertz CT molecular complexity index is 1130. The fourth-order valence-corrected chi connectivity index (χ4v) is 3.69. The third-order valence-corrected chi connectivity index (χ3v) is 5.38. The van der Waals surface area contributed by atoms with Gasteiger partial charge < -0.3 is 10.1 Å². The molecule has 4 nitrogen and oxygen atoms in total. The van der Waals surface area contributed by atoms with Gasteiger partial charge in [-0.05, 0) is 65.9 Å². The van der Waals surface area contributed by atoms with E-state index in [-0.39, 0.29) is 11.7 Å². The number of hydrogen-bond acceptors (Lipinski definition) is 4. The number of thioether (sulfide) groups is 1. The van der Waals surface area contributed by atoms with E-state index in [2.05, 4.69) is 10.3 Å². The van der Waals surface area contributed by atoms with Gasteiger partial charge in [-0.25, -0.2) is 9.38 Å². The van der Waals surface area contributed by atoms with Crippen molar-refractivity contribution < 1.29 is 13.9 Å². The van der Waals surface area contributed by atoms with Gasteiger partial charge in [0.1, 0.15) is 18.2 Å². The summed E-state index contributed by atoms with van der Waals surface area (Å²) in [5.74, 6) is 0.0866. The highest BCUT2D eigenvalue weighted by Crippen LogP contribution is 2.31. The van der Waals surface area contributed by atoms with Crippen molar-refractivity contribution in [2.75, 3.05) is 0 Å². The number of nitrogens with zero attached hydrogens (tertiary/aromatic N) is 1. The number of benzene rings is 3. The van der Waals surface area contributed by atoms with Crippen molar-refractivity contribution in [2.45, 2.75) is 6.61 Å². The molecule has 1 aliphatic heterocycles. The molecule has 0 atom stereocenters. The van der Waals surface area contributed by atoms with Gasteiger partial charge in [-0.15, -0.1) is 0 Å². The molecule has 1 fully saturated rings. The molecule has 1 heterocycles. The van der Waals surface area contributed by atoms with Crippen molar-refractivity contribution in [1.82, 2.24) is 5.32 Å². The first-order chi connectivity index (χ1) is 14.6. The maximum Gasteiger partial charge on any atom is 0.264 e. The second kappa shape index (κ2) is 9.15. The van der Waals surface area contributed by atoms with Gasteiger partial charge in [0.2, 0.25) is 0 Å². The van der Waals surface area contributed by atoms with E-state index in [1.54, 1.807) is 18.2 Å². The van der Waals surface area contributed by atoms with E-state index in [0.29, 0.717) is 33.1 Å². The molecule has 0 aromatic heterocycles. The van der Waals surface area contributed by atoms with Crippen LogP contribution in [0.3, 0.4) is 0 Å². The molecule has 0 aliphatic carbocycles. The van der Waals surface area contributed by atoms with Crippen LogP contribution in [0.5, 0.6) is 5.75 Å². The third-order valence-electron chi connectivity index (χ3n) is 4.22. The molecule has 1 amide bonds. The molecule has 0 saturated carbocycles. The van der Waals surface area contributed by atoms with Crippen LogP contribution in [0.25, 0.3) is 6.08 Å². The summed E-state index contributed by atoms with van der Waals surface area (Å²) in [6, 6.07) is 20.7. The summed E-state index contributed by atoms with van der Waals surface area (Å²) in [7, 11) is 0. The van der Waals surface area contributed by atoms with E-state index in [4.69, 9.17) is 16.3 Å². The highest BCUT2D eigenvalue weighted by atomic mass is 35.5. The third kappa shape index (κ3) is 5.09. The lowest BCUT2D eigenvalue weighted by molar-refractivity contribution is -0.115. The molecule has 3 aromatic rings. The molecule has 1 aliphatic rings. The summed E-state index contributed by atoms with van der Waals surface area (Å²) >= 11 is 7.14. The zero-order chi connectivity index (χ0) is 20.9. The number of hydrogen-bond donors (Lipinski definition) is 1. The molecular formula is C23H16ClFN2O2S. The summed E-state index contributed by atoms with van der Waals surface area (Å²) in [4.78, 5) is 17.2. The second-order valence-electron chi connectivity index (χ2n) is 6.41. The Morgan fingerprint density at radius 1 is 1.03 bits per heavy atom. The number of amides is 1. The molecule has 7 heteroatoms. The molecule has 0 radical (unpaired) electrons. The second-order valence-corrected chi connectivity index (χ2v) is 7.88. The van der Waals surface area contributed by atoms with Gasteiger partial charge in [-0.1, -0.05) is 41.9 Å². The van der Waals surface area contributed by atoms with Gasteiger partial charge in [0.25, 0.3) is 5.91 Å². The normalized spacial score (nSPS) is 16.1. The van der Waals surface area contributed by atoms with Gasteiger partial charge in [0.15, 0.2) is 5.17 Å². The van der Waals surface area contributed by atoms with Crippen LogP contribution in [0.1, 0.15) is 11.1 Å². The predicted octanol–water partition coefficient (Wildman–Crippen LogP) is 5.95. The molecule has 1 saturated heterocycles. The van der Waals surface area contributed by atoms with E-state index >= 15 is 0 Å². The van der Waals surface area contributed by atoms with Crippen LogP contribution in [-0.4, -0.2) is 11.1 Å². The average molecular weight is 439 g/mol. The minimum absolute atomic E-state index is 0.242. The number of ether oxygens (including phenoxy) is 1. The molecule has 150 valence electrons. The van der Waals surface area contributed by atoms with Gasteiger partial charge in [-0.3, -0.25) is 4.79 Å². The number of carbonyl (C=O) groups excluding carboxylic acids is 1.